The van der Waals surface area contributed by atoms with E-state index in [0.29, 0.717) is 17.7 Å². The van der Waals surface area contributed by atoms with Crippen molar-refractivity contribution < 1.29 is 23.2 Å². The van der Waals surface area contributed by atoms with Crippen molar-refractivity contribution in [2.75, 3.05) is 13.3 Å². The minimum atomic E-state index is -0.613. The maximum atomic E-state index is 13.3. The summed E-state index contributed by atoms with van der Waals surface area (Å²) in [7, 11) is 0. The van der Waals surface area contributed by atoms with Gasteiger partial charge < -0.3 is 19.5 Å². The molecule has 0 bridgehead atoms. The van der Waals surface area contributed by atoms with Crippen LogP contribution in [0.2, 0.25) is 0 Å². The van der Waals surface area contributed by atoms with Crippen LogP contribution in [0, 0.1) is 11.7 Å². The molecule has 1 aromatic heterocycles. The van der Waals surface area contributed by atoms with Gasteiger partial charge in [0.1, 0.15) is 24.7 Å². The molecule has 1 N–H and O–H groups in total. The second kappa shape index (κ2) is 8.35. The van der Waals surface area contributed by atoms with E-state index in [4.69, 9.17) is 9.26 Å². The van der Waals surface area contributed by atoms with Crippen LogP contribution in [-0.4, -0.2) is 59.5 Å². The van der Waals surface area contributed by atoms with Crippen LogP contribution in [0.3, 0.4) is 0 Å². The Kier molecular flexibility index (Phi) is 5.63. The zero-order valence-electron chi connectivity index (χ0n) is 16.7. The first-order valence-corrected chi connectivity index (χ1v) is 9.88. The molecule has 9 heteroatoms. The molecule has 0 aliphatic carbocycles. The molecule has 3 unspecified atom stereocenters. The summed E-state index contributed by atoms with van der Waals surface area (Å²) in [5.41, 5.74) is 0.698. The third-order valence-electron chi connectivity index (χ3n) is 5.20. The summed E-state index contributed by atoms with van der Waals surface area (Å²) in [4.78, 5) is 31.7. The van der Waals surface area contributed by atoms with Crippen molar-refractivity contribution in [3.8, 4) is 11.3 Å². The fourth-order valence-corrected chi connectivity index (χ4v) is 3.71. The highest BCUT2D eigenvalue weighted by Gasteiger charge is 2.41. The van der Waals surface area contributed by atoms with E-state index in [-0.39, 0.29) is 48.8 Å². The minimum absolute atomic E-state index is 0.0949. The Hall–Kier alpha value is -3.07. The van der Waals surface area contributed by atoms with Gasteiger partial charge in [-0.05, 0) is 36.6 Å². The summed E-state index contributed by atoms with van der Waals surface area (Å²) >= 11 is 0. The third-order valence-corrected chi connectivity index (χ3v) is 5.20. The van der Waals surface area contributed by atoms with E-state index in [1.54, 1.807) is 18.3 Å². The first-order valence-electron chi connectivity index (χ1n) is 9.88. The van der Waals surface area contributed by atoms with E-state index < -0.39 is 11.9 Å². The number of nitrogens with zero attached hydrogens (tertiary/aromatic N) is 3. The largest absolute Gasteiger partial charge is 0.355 e. The molecule has 0 saturated carbocycles. The van der Waals surface area contributed by atoms with Crippen LogP contribution in [0.1, 0.15) is 30.8 Å². The first kappa shape index (κ1) is 20.2. The van der Waals surface area contributed by atoms with Crippen molar-refractivity contribution in [3.63, 3.8) is 0 Å². The molecular weight excluding hydrogens is 391 g/mol. The second-order valence-corrected chi connectivity index (χ2v) is 7.89. The Balaban J connectivity index is 1.59. The number of carbonyl (C=O) groups is 2. The van der Waals surface area contributed by atoms with E-state index >= 15 is 0 Å². The summed E-state index contributed by atoms with van der Waals surface area (Å²) in [5.74, 6) is -0.423. The van der Waals surface area contributed by atoms with Gasteiger partial charge in [0.15, 0.2) is 11.5 Å². The summed E-state index contributed by atoms with van der Waals surface area (Å²) in [6.07, 6.45) is 1.79. The maximum Gasteiger partial charge on any atom is 0.276 e. The van der Waals surface area contributed by atoms with Crippen LogP contribution < -0.4 is 5.32 Å². The quantitative estimate of drug-likeness (QED) is 0.810. The number of hydrogen-bond donors (Lipinski definition) is 1. The molecule has 1 fully saturated rings. The number of rotatable bonds is 5. The lowest BCUT2D eigenvalue weighted by molar-refractivity contribution is -0.131. The summed E-state index contributed by atoms with van der Waals surface area (Å²) in [5, 5.41) is 6.86. The SMILES string of the molecule is CC(C)CC1C(=O)NC(C2C=NCO2)CN1C(=O)c1cc(-c2ccc(F)cc2)on1. The van der Waals surface area contributed by atoms with E-state index in [1.807, 2.05) is 13.8 Å². The van der Waals surface area contributed by atoms with Gasteiger partial charge in [-0.1, -0.05) is 19.0 Å². The summed E-state index contributed by atoms with van der Waals surface area (Å²) < 4.78 is 24.0. The second-order valence-electron chi connectivity index (χ2n) is 7.89. The highest BCUT2D eigenvalue weighted by atomic mass is 19.1. The molecule has 3 heterocycles. The molecule has 2 amide bonds. The minimum Gasteiger partial charge on any atom is -0.355 e. The molecule has 2 aromatic rings. The van der Waals surface area contributed by atoms with Gasteiger partial charge in [0.2, 0.25) is 5.91 Å². The van der Waals surface area contributed by atoms with Crippen LogP contribution in [0.25, 0.3) is 11.3 Å². The Morgan fingerprint density at radius 2 is 2.10 bits per heavy atom. The number of ether oxygens (including phenoxy) is 1. The van der Waals surface area contributed by atoms with Crippen molar-refractivity contribution >= 4 is 18.0 Å². The van der Waals surface area contributed by atoms with Crippen molar-refractivity contribution in [2.24, 2.45) is 10.9 Å². The average molecular weight is 414 g/mol. The molecule has 8 nitrogen and oxygen atoms in total. The fourth-order valence-electron chi connectivity index (χ4n) is 3.71. The van der Waals surface area contributed by atoms with Gasteiger partial charge in [-0.2, -0.15) is 0 Å². The third kappa shape index (κ3) is 4.11. The van der Waals surface area contributed by atoms with Crippen LogP contribution in [0.5, 0.6) is 0 Å². The van der Waals surface area contributed by atoms with Gasteiger partial charge in [-0.3, -0.25) is 14.6 Å². The lowest BCUT2D eigenvalue weighted by Crippen LogP contribution is -2.65. The summed E-state index contributed by atoms with van der Waals surface area (Å²) in [6, 6.07) is 6.22. The van der Waals surface area contributed by atoms with Crippen LogP contribution in [0.4, 0.5) is 4.39 Å². The highest BCUT2D eigenvalue weighted by molar-refractivity contribution is 5.97. The zero-order valence-corrected chi connectivity index (χ0v) is 16.7. The number of hydrogen-bond acceptors (Lipinski definition) is 6. The zero-order chi connectivity index (χ0) is 21.3. The first-order chi connectivity index (χ1) is 14.4. The Bertz CT molecular complexity index is 956. The van der Waals surface area contributed by atoms with Crippen LogP contribution in [-0.2, 0) is 9.53 Å². The number of piperazine rings is 1. The van der Waals surface area contributed by atoms with Crippen molar-refractivity contribution in [1.29, 1.82) is 0 Å². The van der Waals surface area contributed by atoms with Crippen molar-refractivity contribution in [2.45, 2.75) is 38.5 Å². The van der Waals surface area contributed by atoms with Gasteiger partial charge in [0, 0.05) is 24.4 Å². The predicted molar refractivity (Wildman–Crippen MR) is 106 cm³/mol. The number of benzene rings is 1. The number of aliphatic imine (C=N–C) groups is 1. The predicted octanol–water partition coefficient (Wildman–Crippen LogP) is 2.26. The number of nitrogens with one attached hydrogen (secondary N) is 1. The Labute approximate surface area is 173 Å². The molecule has 4 rings (SSSR count). The molecule has 30 heavy (non-hydrogen) atoms. The van der Waals surface area contributed by atoms with E-state index in [9.17, 15) is 14.0 Å². The van der Waals surface area contributed by atoms with Crippen LogP contribution in [0.15, 0.2) is 39.8 Å². The molecule has 158 valence electrons. The highest BCUT2D eigenvalue weighted by Crippen LogP contribution is 2.24. The van der Waals surface area contributed by atoms with Gasteiger partial charge in [0.25, 0.3) is 5.91 Å². The Morgan fingerprint density at radius 3 is 2.77 bits per heavy atom. The van der Waals surface area contributed by atoms with Gasteiger partial charge in [0.05, 0.1) is 6.04 Å². The van der Waals surface area contributed by atoms with E-state index in [2.05, 4.69) is 15.5 Å². The molecule has 1 saturated heterocycles. The molecule has 2 aliphatic heterocycles. The number of amides is 2. The number of carbonyl (C=O) groups excluding carboxylic acids is 2. The van der Waals surface area contributed by atoms with Crippen LogP contribution >= 0.6 is 0 Å². The molecule has 0 radical (unpaired) electrons. The fraction of sp³-hybridized carbons (Fsp3) is 0.429. The maximum absolute atomic E-state index is 13.3. The van der Waals surface area contributed by atoms with E-state index in [0.717, 1.165) is 0 Å². The van der Waals surface area contributed by atoms with Gasteiger partial charge in [-0.25, -0.2) is 4.39 Å². The topological polar surface area (TPSA) is 97.0 Å². The molecule has 1 aromatic carbocycles. The van der Waals surface area contributed by atoms with Gasteiger partial charge >= 0.3 is 0 Å². The Morgan fingerprint density at radius 1 is 1.33 bits per heavy atom. The van der Waals surface area contributed by atoms with E-state index in [1.165, 1.54) is 23.1 Å². The normalized spacial score (nSPS) is 23.8. The van der Waals surface area contributed by atoms with Crippen molar-refractivity contribution in [1.82, 2.24) is 15.4 Å². The monoisotopic (exact) mass is 414 g/mol. The molecule has 0 spiro atoms. The standard InChI is InChI=1S/C21H23FN4O4/c1-12(2)7-17-20(27)24-16(19-9-23-11-29-19)10-26(17)21(28)15-8-18(30-25-15)13-3-5-14(22)6-4-13/h3-6,8-9,12,16-17,19H,7,10-11H2,1-2H3,(H,24,27). The van der Waals surface area contributed by atoms with Gasteiger partial charge in [-0.15, -0.1) is 0 Å². The lowest BCUT2D eigenvalue weighted by atomic mass is 9.96. The van der Waals surface area contributed by atoms with Crippen molar-refractivity contribution in [3.05, 3.63) is 41.8 Å². The lowest BCUT2D eigenvalue weighted by Gasteiger charge is -2.40. The number of halogens is 1. The average Bonchev–Trinajstić information content (AvgIpc) is 3.41. The molecule has 3 atom stereocenters. The molecule has 2 aliphatic rings. The number of aromatic nitrogens is 1. The smallest absolute Gasteiger partial charge is 0.276 e. The molecular formula is C21H23FN4O4. The summed E-state index contributed by atoms with van der Waals surface area (Å²) in [6.45, 7) is 4.51.